The van der Waals surface area contributed by atoms with Gasteiger partial charge in [0, 0.05) is 18.8 Å². The molecule has 0 aromatic heterocycles. The van der Waals surface area contributed by atoms with Crippen LogP contribution in [0.4, 0.5) is 5.69 Å². The molecule has 0 saturated carbocycles. The fourth-order valence-corrected chi connectivity index (χ4v) is 2.82. The Labute approximate surface area is 167 Å². The first-order chi connectivity index (χ1) is 13.4. The van der Waals surface area contributed by atoms with Gasteiger partial charge in [-0.3, -0.25) is 9.59 Å². The van der Waals surface area contributed by atoms with E-state index in [1.807, 2.05) is 63.2 Å². The molecule has 0 aliphatic rings. The van der Waals surface area contributed by atoms with Gasteiger partial charge in [-0.05, 0) is 55.7 Å². The third-order valence-electron chi connectivity index (χ3n) is 4.56. The molecule has 0 fully saturated rings. The van der Waals surface area contributed by atoms with Crippen molar-refractivity contribution in [2.24, 2.45) is 0 Å². The minimum Gasteiger partial charge on any atom is -0.490 e. The second-order valence-corrected chi connectivity index (χ2v) is 6.63. The van der Waals surface area contributed by atoms with Crippen molar-refractivity contribution in [2.75, 3.05) is 18.5 Å². The van der Waals surface area contributed by atoms with Gasteiger partial charge in [0.2, 0.25) is 11.8 Å². The number of hydrogen-bond acceptors (Lipinski definition) is 3. The van der Waals surface area contributed by atoms with Crippen molar-refractivity contribution in [3.8, 4) is 5.75 Å². The lowest BCUT2D eigenvalue weighted by Crippen LogP contribution is -2.33. The normalized spacial score (nSPS) is 10.2. The van der Waals surface area contributed by atoms with Gasteiger partial charge in [-0.1, -0.05) is 36.9 Å². The van der Waals surface area contributed by atoms with Crippen LogP contribution in [0.25, 0.3) is 0 Å². The number of ether oxygens (including phenoxy) is 1. The summed E-state index contributed by atoms with van der Waals surface area (Å²) in [6, 6.07) is 13.3. The monoisotopic (exact) mass is 380 g/mol. The van der Waals surface area contributed by atoms with Gasteiger partial charge in [-0.15, -0.1) is 0 Å². The summed E-state index contributed by atoms with van der Waals surface area (Å²) in [4.78, 5) is 26.6. The van der Waals surface area contributed by atoms with Gasteiger partial charge in [0.1, 0.15) is 18.8 Å². The van der Waals surface area contributed by atoms with Crippen molar-refractivity contribution in [3.63, 3.8) is 0 Å². The van der Waals surface area contributed by atoms with Crippen LogP contribution in [0.1, 0.15) is 30.0 Å². The first kappa shape index (κ1) is 21.2. The van der Waals surface area contributed by atoms with E-state index in [2.05, 4.69) is 11.9 Å². The lowest BCUT2D eigenvalue weighted by atomic mass is 10.1. The topological polar surface area (TPSA) is 58.6 Å². The van der Waals surface area contributed by atoms with Crippen LogP contribution in [0, 0.1) is 13.8 Å². The van der Waals surface area contributed by atoms with Crippen molar-refractivity contribution in [2.45, 2.75) is 33.7 Å². The van der Waals surface area contributed by atoms with Crippen molar-refractivity contribution in [1.29, 1.82) is 0 Å². The minimum absolute atomic E-state index is 0.187. The Hall–Kier alpha value is -3.08. The van der Waals surface area contributed by atoms with Gasteiger partial charge in [0.05, 0.1) is 0 Å². The number of carbonyl (C=O) groups is 2. The molecule has 2 aromatic carbocycles. The molecule has 0 atom stereocenters. The molecule has 0 heterocycles. The third kappa shape index (κ3) is 5.98. The average Bonchev–Trinajstić information content (AvgIpc) is 2.68. The van der Waals surface area contributed by atoms with Crippen LogP contribution in [0.5, 0.6) is 5.75 Å². The summed E-state index contributed by atoms with van der Waals surface area (Å²) < 4.78 is 5.54. The Balaban J connectivity index is 1.98. The second kappa shape index (κ2) is 10.3. The fourth-order valence-electron chi connectivity index (χ4n) is 2.82. The predicted octanol–water partition coefficient (Wildman–Crippen LogP) is 4.25. The van der Waals surface area contributed by atoms with E-state index in [0.29, 0.717) is 19.7 Å². The van der Waals surface area contributed by atoms with E-state index in [0.717, 1.165) is 28.1 Å². The first-order valence-corrected chi connectivity index (χ1v) is 9.41. The van der Waals surface area contributed by atoms with Crippen LogP contribution < -0.4 is 10.1 Å². The molecule has 28 heavy (non-hydrogen) atoms. The van der Waals surface area contributed by atoms with Crippen LogP contribution in [0.2, 0.25) is 0 Å². The van der Waals surface area contributed by atoms with E-state index in [1.54, 1.807) is 11.0 Å². The lowest BCUT2D eigenvalue weighted by molar-refractivity contribution is -0.134. The molecule has 148 valence electrons. The van der Waals surface area contributed by atoms with Crippen LogP contribution >= 0.6 is 0 Å². The summed E-state index contributed by atoms with van der Waals surface area (Å²) in [7, 11) is 0. The Kier molecular flexibility index (Phi) is 7.81. The number of nitrogens with one attached hydrogen (secondary N) is 1. The van der Waals surface area contributed by atoms with Crippen molar-refractivity contribution in [3.05, 3.63) is 71.8 Å². The molecule has 0 aliphatic carbocycles. The second-order valence-electron chi connectivity index (χ2n) is 6.63. The maximum atomic E-state index is 12.6. The highest BCUT2D eigenvalue weighted by atomic mass is 16.5. The first-order valence-electron chi connectivity index (χ1n) is 9.41. The quantitative estimate of drug-likeness (QED) is 0.523. The van der Waals surface area contributed by atoms with Crippen LogP contribution in [-0.4, -0.2) is 29.9 Å². The van der Waals surface area contributed by atoms with Crippen molar-refractivity contribution in [1.82, 2.24) is 4.90 Å². The van der Waals surface area contributed by atoms with E-state index in [-0.39, 0.29) is 18.2 Å². The third-order valence-corrected chi connectivity index (χ3v) is 4.56. The Morgan fingerprint density at radius 2 is 1.93 bits per heavy atom. The van der Waals surface area contributed by atoms with Gasteiger partial charge in [0.15, 0.2) is 0 Å². The largest absolute Gasteiger partial charge is 0.490 e. The molecule has 2 rings (SSSR count). The molecule has 0 spiro atoms. The molecule has 2 aromatic rings. The standard InChI is InChI=1S/C23H28N2O3/c1-5-13-28-20-11-8-10-19(14-20)16-25(6-2)23(27)15-22(26)24-21-12-7-9-17(3)18(21)4/h5,7-12,14H,1,6,13,15-16H2,2-4H3,(H,24,26). The van der Waals surface area contributed by atoms with Crippen molar-refractivity contribution < 1.29 is 14.3 Å². The number of amides is 2. The predicted molar refractivity (Wildman–Crippen MR) is 112 cm³/mol. The molecule has 1 N–H and O–H groups in total. The summed E-state index contributed by atoms with van der Waals surface area (Å²) in [5.41, 5.74) is 3.80. The number of anilines is 1. The zero-order chi connectivity index (χ0) is 20.5. The van der Waals surface area contributed by atoms with Crippen molar-refractivity contribution >= 4 is 17.5 Å². The maximum absolute atomic E-state index is 12.6. The summed E-state index contributed by atoms with van der Waals surface area (Å²) >= 11 is 0. The Morgan fingerprint density at radius 1 is 1.18 bits per heavy atom. The van der Waals surface area contributed by atoms with Gasteiger partial charge in [-0.25, -0.2) is 0 Å². The fraction of sp³-hybridized carbons (Fsp3) is 0.304. The van der Waals surface area contributed by atoms with Crippen LogP contribution in [0.15, 0.2) is 55.1 Å². The number of hydrogen-bond donors (Lipinski definition) is 1. The summed E-state index contributed by atoms with van der Waals surface area (Å²) in [6.07, 6.45) is 1.50. The number of rotatable bonds is 9. The van der Waals surface area contributed by atoms with E-state index in [1.165, 1.54) is 0 Å². The van der Waals surface area contributed by atoms with Gasteiger partial charge < -0.3 is 15.0 Å². The number of aryl methyl sites for hydroxylation is 1. The minimum atomic E-state index is -0.305. The molecule has 5 nitrogen and oxygen atoms in total. The molecule has 0 unspecified atom stereocenters. The number of carbonyl (C=O) groups excluding carboxylic acids is 2. The van der Waals surface area contributed by atoms with Crippen LogP contribution in [-0.2, 0) is 16.1 Å². The van der Waals surface area contributed by atoms with E-state index in [4.69, 9.17) is 4.74 Å². The molecule has 5 heteroatoms. The van der Waals surface area contributed by atoms with E-state index >= 15 is 0 Å². The molecular formula is C23H28N2O3. The SMILES string of the molecule is C=CCOc1cccc(CN(CC)C(=O)CC(=O)Nc2cccc(C)c2C)c1. The average molecular weight is 380 g/mol. The van der Waals surface area contributed by atoms with Crippen LogP contribution in [0.3, 0.4) is 0 Å². The van der Waals surface area contributed by atoms with Gasteiger partial charge >= 0.3 is 0 Å². The number of benzene rings is 2. The van der Waals surface area contributed by atoms with Gasteiger partial charge in [-0.2, -0.15) is 0 Å². The maximum Gasteiger partial charge on any atom is 0.233 e. The summed E-state index contributed by atoms with van der Waals surface area (Å²) in [5, 5.41) is 2.84. The molecular weight excluding hydrogens is 352 g/mol. The van der Waals surface area contributed by atoms with Gasteiger partial charge in [0.25, 0.3) is 0 Å². The molecule has 0 radical (unpaired) electrons. The molecule has 0 aliphatic heterocycles. The summed E-state index contributed by atoms with van der Waals surface area (Å²) in [6.45, 7) is 10.9. The highest BCUT2D eigenvalue weighted by Gasteiger charge is 2.17. The Morgan fingerprint density at radius 3 is 2.64 bits per heavy atom. The molecule has 0 saturated heterocycles. The molecule has 2 amide bonds. The lowest BCUT2D eigenvalue weighted by Gasteiger charge is -2.21. The summed E-state index contributed by atoms with van der Waals surface area (Å²) in [5.74, 6) is 0.219. The van der Waals surface area contributed by atoms with E-state index in [9.17, 15) is 9.59 Å². The zero-order valence-electron chi connectivity index (χ0n) is 16.8. The Bertz CT molecular complexity index is 845. The highest BCUT2D eigenvalue weighted by Crippen LogP contribution is 2.19. The smallest absolute Gasteiger partial charge is 0.233 e. The molecule has 0 bridgehead atoms. The van der Waals surface area contributed by atoms with E-state index < -0.39 is 0 Å². The highest BCUT2D eigenvalue weighted by molar-refractivity contribution is 6.03. The zero-order valence-corrected chi connectivity index (χ0v) is 16.8. The number of nitrogens with zero attached hydrogens (tertiary/aromatic N) is 1.